The Morgan fingerprint density at radius 3 is 1.82 bits per heavy atom. The average molecular weight is 545 g/mol. The summed E-state index contributed by atoms with van der Waals surface area (Å²) in [4.78, 5) is 27.2. The number of carbonyl (C=O) groups excluding carboxylic acids is 2. The Balaban J connectivity index is 1.46. The first kappa shape index (κ1) is 33.1. The molecule has 1 aliphatic rings. The molecule has 0 atom stereocenters. The van der Waals surface area contributed by atoms with E-state index >= 15 is 0 Å². The van der Waals surface area contributed by atoms with Crippen LogP contribution in [-0.2, 0) is 11.3 Å². The summed E-state index contributed by atoms with van der Waals surface area (Å²) in [5.74, 6) is -0.102. The molecule has 0 saturated carbocycles. The van der Waals surface area contributed by atoms with Crippen LogP contribution in [-0.4, -0.2) is 61.7 Å². The normalized spacial score (nSPS) is 14.3. The van der Waals surface area contributed by atoms with Crippen LogP contribution in [0.15, 0.2) is 24.3 Å². The largest absolute Gasteiger partial charge is 0.444 e. The van der Waals surface area contributed by atoms with Gasteiger partial charge in [0.05, 0.1) is 0 Å². The molecular weight excluding hydrogens is 488 g/mol. The van der Waals surface area contributed by atoms with Gasteiger partial charge in [0.25, 0.3) is 5.91 Å². The number of unbranched alkanes of at least 4 members (excludes halogenated alkanes) is 15. The lowest BCUT2D eigenvalue weighted by atomic mass is 10.0. The van der Waals surface area contributed by atoms with Gasteiger partial charge in [-0.3, -0.25) is 10.2 Å². The Kier molecular flexibility index (Phi) is 18.4. The highest BCUT2D eigenvalue weighted by molar-refractivity contribution is 5.95. The average Bonchev–Trinajstić information content (AvgIpc) is 2.95. The quantitative estimate of drug-likeness (QED) is 0.162. The van der Waals surface area contributed by atoms with Gasteiger partial charge in [-0.25, -0.2) is 9.80 Å². The van der Waals surface area contributed by atoms with Crippen molar-refractivity contribution >= 4 is 12.0 Å². The van der Waals surface area contributed by atoms with Crippen LogP contribution in [0.4, 0.5) is 4.79 Å². The number of hydrogen-bond donors (Lipinski definition) is 2. The molecule has 1 aromatic rings. The molecule has 0 aliphatic carbocycles. The Hall–Kier alpha value is -2.12. The smallest absolute Gasteiger partial charge is 0.422 e. The number of nitrogens with one attached hydrogen (secondary N) is 2. The van der Waals surface area contributed by atoms with Gasteiger partial charge in [0, 0.05) is 43.9 Å². The number of nitrogens with zero attached hydrogens (tertiary/aromatic N) is 2. The number of hydrazine groups is 1. The van der Waals surface area contributed by atoms with Gasteiger partial charge >= 0.3 is 6.09 Å². The van der Waals surface area contributed by atoms with E-state index in [1.165, 1.54) is 89.9 Å². The highest BCUT2D eigenvalue weighted by atomic mass is 16.6. The summed E-state index contributed by atoms with van der Waals surface area (Å²) in [5, 5.41) is 4.91. The van der Waals surface area contributed by atoms with Crippen LogP contribution in [0, 0.1) is 0 Å². The van der Waals surface area contributed by atoms with Crippen LogP contribution in [0.25, 0.3) is 0 Å². The zero-order chi connectivity index (χ0) is 28.0. The van der Waals surface area contributed by atoms with Crippen molar-refractivity contribution < 1.29 is 14.3 Å². The second-order valence-electron chi connectivity index (χ2n) is 11.2. The lowest BCUT2D eigenvalue weighted by molar-refractivity contribution is 0.0728. The first-order chi connectivity index (χ1) is 19.1. The Morgan fingerprint density at radius 2 is 1.26 bits per heavy atom. The minimum atomic E-state index is -0.483. The zero-order valence-corrected chi connectivity index (χ0v) is 25.0. The predicted octanol–water partition coefficient (Wildman–Crippen LogP) is 7.07. The van der Waals surface area contributed by atoms with Crippen LogP contribution in [0.2, 0.25) is 0 Å². The van der Waals surface area contributed by atoms with E-state index in [9.17, 15) is 9.59 Å². The zero-order valence-electron chi connectivity index (χ0n) is 25.0. The van der Waals surface area contributed by atoms with Crippen molar-refractivity contribution in [2.45, 2.75) is 116 Å². The van der Waals surface area contributed by atoms with Crippen LogP contribution < -0.4 is 10.7 Å². The molecule has 1 aromatic carbocycles. The second-order valence-corrected chi connectivity index (χ2v) is 11.2. The molecule has 7 nitrogen and oxygen atoms in total. The van der Waals surface area contributed by atoms with E-state index in [4.69, 9.17) is 4.74 Å². The predicted molar refractivity (Wildman–Crippen MR) is 161 cm³/mol. The molecule has 0 spiro atoms. The first-order valence-electron chi connectivity index (χ1n) is 15.8. The van der Waals surface area contributed by atoms with Gasteiger partial charge in [0.2, 0.25) is 0 Å². The van der Waals surface area contributed by atoms with Crippen molar-refractivity contribution in [2.24, 2.45) is 0 Å². The Labute approximate surface area is 238 Å². The summed E-state index contributed by atoms with van der Waals surface area (Å²) in [6, 6.07) is 7.34. The third-order valence-electron chi connectivity index (χ3n) is 7.69. The van der Waals surface area contributed by atoms with E-state index < -0.39 is 6.09 Å². The maximum atomic E-state index is 12.7. The van der Waals surface area contributed by atoms with Crippen LogP contribution in [0.5, 0.6) is 0 Å². The van der Waals surface area contributed by atoms with Crippen molar-refractivity contribution in [1.29, 1.82) is 0 Å². The van der Waals surface area contributed by atoms with Crippen LogP contribution in [0.1, 0.15) is 126 Å². The topological polar surface area (TPSA) is 73.9 Å². The second kappa shape index (κ2) is 21.7. The third kappa shape index (κ3) is 15.9. The molecule has 39 heavy (non-hydrogen) atoms. The standard InChI is InChI=1S/C32H56N4O3/c1-3-4-5-6-7-8-9-10-11-12-13-14-15-16-17-20-23-33-31(37)30-22-19-18-21-29(30)28-39-32(38)34-36-26-24-35(2)25-27-36/h18-19,21-22H,3-17,20,23-28H2,1-2H3,(H,33,37)(H,34,38). The van der Waals surface area contributed by atoms with Gasteiger partial charge in [-0.2, -0.15) is 0 Å². The number of benzene rings is 1. The fraction of sp³-hybridized carbons (Fsp3) is 0.750. The Morgan fingerprint density at radius 1 is 0.744 bits per heavy atom. The Bertz CT molecular complexity index is 780. The molecule has 0 bridgehead atoms. The van der Waals surface area contributed by atoms with Crippen LogP contribution >= 0.6 is 0 Å². The van der Waals surface area contributed by atoms with E-state index in [0.29, 0.717) is 12.1 Å². The number of hydrogen-bond acceptors (Lipinski definition) is 5. The van der Waals surface area contributed by atoms with E-state index in [0.717, 1.165) is 44.6 Å². The van der Waals surface area contributed by atoms with Crippen molar-refractivity contribution in [3.63, 3.8) is 0 Å². The molecule has 7 heteroatoms. The minimum absolute atomic E-state index is 0.0716. The molecule has 1 aliphatic heterocycles. The fourth-order valence-electron chi connectivity index (χ4n) is 5.06. The van der Waals surface area contributed by atoms with Gasteiger partial charge in [0.1, 0.15) is 6.61 Å². The molecule has 1 heterocycles. The van der Waals surface area contributed by atoms with E-state index in [1.54, 1.807) is 6.07 Å². The van der Waals surface area contributed by atoms with E-state index in [1.807, 2.05) is 23.2 Å². The van der Waals surface area contributed by atoms with Gasteiger partial charge in [0.15, 0.2) is 0 Å². The molecule has 2 rings (SSSR count). The van der Waals surface area contributed by atoms with E-state index in [-0.39, 0.29) is 12.5 Å². The van der Waals surface area contributed by atoms with Gasteiger partial charge in [-0.05, 0) is 19.5 Å². The lowest BCUT2D eigenvalue weighted by Crippen LogP contribution is -2.52. The van der Waals surface area contributed by atoms with Gasteiger partial charge < -0.3 is 15.0 Å². The summed E-state index contributed by atoms with van der Waals surface area (Å²) in [6.07, 6.45) is 20.9. The molecule has 2 amide bonds. The van der Waals surface area contributed by atoms with Crippen molar-refractivity contribution in [2.75, 3.05) is 39.8 Å². The van der Waals surface area contributed by atoms with Gasteiger partial charge in [-0.15, -0.1) is 0 Å². The molecule has 222 valence electrons. The number of likely N-dealkylation sites (N-methyl/N-ethyl adjacent to an activating group) is 1. The molecule has 2 N–H and O–H groups in total. The van der Waals surface area contributed by atoms with E-state index in [2.05, 4.69) is 29.6 Å². The summed E-state index contributed by atoms with van der Waals surface area (Å²) in [5.41, 5.74) is 4.08. The molecule has 1 fully saturated rings. The molecule has 0 aromatic heterocycles. The highest BCUT2D eigenvalue weighted by Gasteiger charge is 2.17. The van der Waals surface area contributed by atoms with Gasteiger partial charge in [-0.1, -0.05) is 121 Å². The number of piperazine rings is 1. The molecular formula is C32H56N4O3. The fourth-order valence-corrected chi connectivity index (χ4v) is 5.06. The van der Waals surface area contributed by atoms with Crippen LogP contribution in [0.3, 0.4) is 0 Å². The first-order valence-corrected chi connectivity index (χ1v) is 15.8. The number of ether oxygens (including phenoxy) is 1. The maximum Gasteiger partial charge on any atom is 0.422 e. The molecule has 0 unspecified atom stereocenters. The SMILES string of the molecule is CCCCCCCCCCCCCCCCCCNC(=O)c1ccccc1COC(=O)NN1CCN(C)CC1. The molecule has 0 radical (unpaired) electrons. The summed E-state index contributed by atoms with van der Waals surface area (Å²) in [6.45, 7) is 6.37. The number of carbonyl (C=O) groups is 2. The van der Waals surface area contributed by atoms with Crippen molar-refractivity contribution in [1.82, 2.24) is 20.7 Å². The highest BCUT2D eigenvalue weighted by Crippen LogP contribution is 2.14. The van der Waals surface area contributed by atoms with Crippen molar-refractivity contribution in [3.05, 3.63) is 35.4 Å². The monoisotopic (exact) mass is 544 g/mol. The molecule has 1 saturated heterocycles. The third-order valence-corrected chi connectivity index (χ3v) is 7.69. The lowest BCUT2D eigenvalue weighted by Gasteiger charge is -2.31. The summed E-state index contributed by atoms with van der Waals surface area (Å²) in [7, 11) is 2.07. The minimum Gasteiger partial charge on any atom is -0.444 e. The maximum absolute atomic E-state index is 12.7. The summed E-state index contributed by atoms with van der Waals surface area (Å²) >= 11 is 0. The number of rotatable bonds is 21. The van der Waals surface area contributed by atoms with Crippen molar-refractivity contribution in [3.8, 4) is 0 Å². The number of amides is 2. The summed E-state index contributed by atoms with van der Waals surface area (Å²) < 4.78 is 5.40.